The predicted octanol–water partition coefficient (Wildman–Crippen LogP) is 3.56. The summed E-state index contributed by atoms with van der Waals surface area (Å²) >= 11 is 6.18. The summed E-state index contributed by atoms with van der Waals surface area (Å²) in [6.07, 6.45) is -0.338. The lowest BCUT2D eigenvalue weighted by atomic mass is 10.2. The number of fused-ring (bicyclic) bond motifs is 1. The third-order valence-corrected chi connectivity index (χ3v) is 4.25. The minimum absolute atomic E-state index is 0.160. The highest BCUT2D eigenvalue weighted by Crippen LogP contribution is 2.38. The standard InChI is InChI=1S/C20H17ClN2O5/c1-12(19(24)23-15-5-3-13(11-22)4-6-15)28-20(25)14-9-16(21)18-17(10-14)26-7-2-8-27-18/h3-6,9-10,12H,2,7-8H2,1H3,(H,23,24)/t12-/m1/s1. The van der Waals surface area contributed by atoms with E-state index in [4.69, 9.17) is 31.1 Å². The van der Waals surface area contributed by atoms with Gasteiger partial charge in [0, 0.05) is 12.1 Å². The molecule has 0 aromatic heterocycles. The molecule has 1 amide bonds. The van der Waals surface area contributed by atoms with Crippen LogP contribution in [0.4, 0.5) is 5.69 Å². The van der Waals surface area contributed by atoms with E-state index in [1.54, 1.807) is 24.3 Å². The fourth-order valence-electron chi connectivity index (χ4n) is 2.50. The van der Waals surface area contributed by atoms with E-state index in [2.05, 4.69) is 5.32 Å². The van der Waals surface area contributed by atoms with Crippen LogP contribution in [0, 0.1) is 11.3 Å². The zero-order chi connectivity index (χ0) is 20.1. The number of hydrogen-bond acceptors (Lipinski definition) is 6. The summed E-state index contributed by atoms with van der Waals surface area (Å²) < 4.78 is 16.3. The molecule has 0 radical (unpaired) electrons. The topological polar surface area (TPSA) is 97.7 Å². The maximum atomic E-state index is 12.4. The van der Waals surface area contributed by atoms with E-state index in [-0.39, 0.29) is 10.6 Å². The third kappa shape index (κ3) is 4.53. The molecule has 0 saturated heterocycles. The molecule has 1 aliphatic rings. The van der Waals surface area contributed by atoms with Crippen molar-refractivity contribution < 1.29 is 23.8 Å². The smallest absolute Gasteiger partial charge is 0.339 e. The number of anilines is 1. The van der Waals surface area contributed by atoms with Gasteiger partial charge < -0.3 is 19.5 Å². The maximum Gasteiger partial charge on any atom is 0.339 e. The van der Waals surface area contributed by atoms with Crippen molar-refractivity contribution in [2.24, 2.45) is 0 Å². The van der Waals surface area contributed by atoms with Crippen molar-refractivity contribution in [1.29, 1.82) is 5.26 Å². The Morgan fingerprint density at radius 1 is 1.21 bits per heavy atom. The number of benzene rings is 2. The molecule has 1 heterocycles. The minimum atomic E-state index is -1.04. The van der Waals surface area contributed by atoms with Gasteiger partial charge in [-0.3, -0.25) is 4.79 Å². The van der Waals surface area contributed by atoms with Crippen LogP contribution in [0.3, 0.4) is 0 Å². The molecule has 0 unspecified atom stereocenters. The second kappa shape index (κ2) is 8.63. The highest BCUT2D eigenvalue weighted by Gasteiger charge is 2.23. The number of carbonyl (C=O) groups excluding carboxylic acids is 2. The second-order valence-electron chi connectivity index (χ2n) is 6.06. The number of amides is 1. The van der Waals surface area contributed by atoms with Gasteiger partial charge in [0.1, 0.15) is 0 Å². The number of carbonyl (C=O) groups is 2. The quantitative estimate of drug-likeness (QED) is 0.788. The van der Waals surface area contributed by atoms with Crippen molar-refractivity contribution in [3.8, 4) is 17.6 Å². The van der Waals surface area contributed by atoms with Crippen LogP contribution in [0.15, 0.2) is 36.4 Å². The molecular weight excluding hydrogens is 384 g/mol. The second-order valence-corrected chi connectivity index (χ2v) is 6.47. The van der Waals surface area contributed by atoms with Crippen LogP contribution >= 0.6 is 11.6 Å². The van der Waals surface area contributed by atoms with Crippen molar-refractivity contribution in [1.82, 2.24) is 0 Å². The van der Waals surface area contributed by atoms with E-state index in [1.165, 1.54) is 19.1 Å². The summed E-state index contributed by atoms with van der Waals surface area (Å²) in [6, 6.07) is 11.2. The van der Waals surface area contributed by atoms with Crippen molar-refractivity contribution in [3.05, 3.63) is 52.5 Å². The Labute approximate surface area is 166 Å². The van der Waals surface area contributed by atoms with Crippen molar-refractivity contribution in [2.45, 2.75) is 19.4 Å². The molecule has 1 atom stereocenters. The lowest BCUT2D eigenvalue weighted by molar-refractivity contribution is -0.123. The third-order valence-electron chi connectivity index (χ3n) is 3.97. The van der Waals surface area contributed by atoms with E-state index in [0.717, 1.165) is 0 Å². The van der Waals surface area contributed by atoms with Gasteiger partial charge in [0.05, 0.1) is 35.4 Å². The predicted molar refractivity (Wildman–Crippen MR) is 102 cm³/mol. The van der Waals surface area contributed by atoms with Gasteiger partial charge in [-0.15, -0.1) is 0 Å². The molecule has 2 aromatic carbocycles. The zero-order valence-electron chi connectivity index (χ0n) is 15.0. The molecule has 0 spiro atoms. The molecule has 1 N–H and O–H groups in total. The van der Waals surface area contributed by atoms with Crippen molar-refractivity contribution in [2.75, 3.05) is 18.5 Å². The lowest BCUT2D eigenvalue weighted by Gasteiger charge is -2.15. The number of halogens is 1. The van der Waals surface area contributed by atoms with Gasteiger partial charge in [0.25, 0.3) is 5.91 Å². The van der Waals surface area contributed by atoms with Gasteiger partial charge >= 0.3 is 5.97 Å². The van der Waals surface area contributed by atoms with E-state index in [1.807, 2.05) is 6.07 Å². The van der Waals surface area contributed by atoms with Gasteiger partial charge in [-0.05, 0) is 43.3 Å². The number of nitrogens with zero attached hydrogens (tertiary/aromatic N) is 1. The van der Waals surface area contributed by atoms with Crippen molar-refractivity contribution >= 4 is 29.2 Å². The highest BCUT2D eigenvalue weighted by molar-refractivity contribution is 6.32. The highest BCUT2D eigenvalue weighted by atomic mass is 35.5. The van der Waals surface area contributed by atoms with E-state index < -0.39 is 18.0 Å². The van der Waals surface area contributed by atoms with Crippen LogP contribution in [0.1, 0.15) is 29.3 Å². The maximum absolute atomic E-state index is 12.4. The first-order valence-electron chi connectivity index (χ1n) is 8.59. The van der Waals surface area contributed by atoms with Gasteiger partial charge in [-0.25, -0.2) is 4.79 Å². The van der Waals surface area contributed by atoms with Gasteiger partial charge in [0.15, 0.2) is 17.6 Å². The Morgan fingerprint density at radius 2 is 1.93 bits per heavy atom. The summed E-state index contributed by atoms with van der Waals surface area (Å²) in [4.78, 5) is 24.7. The number of nitrogens with one attached hydrogen (secondary N) is 1. The molecular formula is C20H17ClN2O5. The van der Waals surface area contributed by atoms with E-state index in [0.29, 0.717) is 42.4 Å². The molecule has 1 aliphatic heterocycles. The van der Waals surface area contributed by atoms with Crippen molar-refractivity contribution in [3.63, 3.8) is 0 Å². The summed E-state index contributed by atoms with van der Waals surface area (Å²) in [5, 5.41) is 11.7. The summed E-state index contributed by atoms with van der Waals surface area (Å²) in [5.41, 5.74) is 1.13. The van der Waals surface area contributed by atoms with E-state index >= 15 is 0 Å². The molecule has 8 heteroatoms. The molecule has 28 heavy (non-hydrogen) atoms. The zero-order valence-corrected chi connectivity index (χ0v) is 15.8. The fourth-order valence-corrected chi connectivity index (χ4v) is 2.77. The Hall–Kier alpha value is -3.24. The molecule has 7 nitrogen and oxygen atoms in total. The largest absolute Gasteiger partial charge is 0.489 e. The van der Waals surface area contributed by atoms with Crippen LogP contribution in [-0.2, 0) is 9.53 Å². The number of rotatable bonds is 4. The normalized spacial score (nSPS) is 13.6. The SMILES string of the molecule is C[C@@H](OC(=O)c1cc(Cl)c2c(c1)OCCCO2)C(=O)Nc1ccc(C#N)cc1. The fraction of sp³-hybridized carbons (Fsp3) is 0.250. The number of esters is 1. The molecule has 0 bridgehead atoms. The summed E-state index contributed by atoms with van der Waals surface area (Å²) in [6.45, 7) is 2.38. The van der Waals surface area contributed by atoms with Gasteiger partial charge in [0.2, 0.25) is 0 Å². The molecule has 0 saturated carbocycles. The Morgan fingerprint density at radius 3 is 2.64 bits per heavy atom. The minimum Gasteiger partial charge on any atom is -0.489 e. The molecule has 0 fully saturated rings. The molecule has 3 rings (SSSR count). The van der Waals surface area contributed by atoms with Crippen LogP contribution in [0.5, 0.6) is 11.5 Å². The average molecular weight is 401 g/mol. The summed E-state index contributed by atoms with van der Waals surface area (Å²) in [5.74, 6) is -0.451. The van der Waals surface area contributed by atoms with E-state index in [9.17, 15) is 9.59 Å². The lowest BCUT2D eigenvalue weighted by Crippen LogP contribution is -2.30. The average Bonchev–Trinajstić information content (AvgIpc) is 2.94. The number of ether oxygens (including phenoxy) is 3. The Kier molecular flexibility index (Phi) is 6.02. The molecule has 2 aromatic rings. The van der Waals surface area contributed by atoms with Gasteiger partial charge in [-0.2, -0.15) is 5.26 Å². The molecule has 144 valence electrons. The first-order valence-corrected chi connectivity index (χ1v) is 8.97. The van der Waals surface area contributed by atoms with Crippen LogP contribution in [0.2, 0.25) is 5.02 Å². The first kappa shape index (κ1) is 19.5. The number of nitriles is 1. The van der Waals surface area contributed by atoms with Crippen LogP contribution in [-0.4, -0.2) is 31.2 Å². The molecule has 0 aliphatic carbocycles. The number of hydrogen-bond donors (Lipinski definition) is 1. The van der Waals surface area contributed by atoms with Gasteiger partial charge in [-0.1, -0.05) is 11.6 Å². The monoisotopic (exact) mass is 400 g/mol. The summed E-state index contributed by atoms with van der Waals surface area (Å²) in [7, 11) is 0. The Bertz CT molecular complexity index is 937. The first-order chi connectivity index (χ1) is 13.5. The Balaban J connectivity index is 1.66. The van der Waals surface area contributed by atoms with Crippen LogP contribution < -0.4 is 14.8 Å². The van der Waals surface area contributed by atoms with Crippen LogP contribution in [0.25, 0.3) is 0 Å².